The van der Waals surface area contributed by atoms with Gasteiger partial charge in [0.25, 0.3) is 0 Å². The molecule has 0 radical (unpaired) electrons. The molecule has 2 aromatic carbocycles. The maximum absolute atomic E-state index is 13.0. The van der Waals surface area contributed by atoms with Crippen LogP contribution in [0.3, 0.4) is 0 Å². The first kappa shape index (κ1) is 27.3. The van der Waals surface area contributed by atoms with Crippen LogP contribution in [-0.4, -0.2) is 90.8 Å². The summed E-state index contributed by atoms with van der Waals surface area (Å²) in [6, 6.07) is 14.0. The predicted molar refractivity (Wildman–Crippen MR) is 158 cm³/mol. The maximum Gasteiger partial charge on any atom is 0.321 e. The van der Waals surface area contributed by atoms with Crippen molar-refractivity contribution in [3.63, 3.8) is 0 Å². The normalized spacial score (nSPS) is 18.2. The quantitative estimate of drug-likeness (QED) is 0.412. The van der Waals surface area contributed by atoms with E-state index in [1.54, 1.807) is 6.33 Å². The highest BCUT2D eigenvalue weighted by molar-refractivity contribution is 5.89. The molecule has 0 atom stereocenters. The van der Waals surface area contributed by atoms with Crippen molar-refractivity contribution in [3.05, 3.63) is 54.5 Å². The summed E-state index contributed by atoms with van der Waals surface area (Å²) in [5, 5.41) is 4.09. The van der Waals surface area contributed by atoms with Gasteiger partial charge in [-0.25, -0.2) is 14.8 Å². The number of aromatic nitrogens is 2. The van der Waals surface area contributed by atoms with Gasteiger partial charge in [-0.2, -0.15) is 0 Å². The molecule has 1 aromatic heterocycles. The van der Waals surface area contributed by atoms with Gasteiger partial charge in [0.2, 0.25) is 5.91 Å². The molecule has 41 heavy (non-hydrogen) atoms. The monoisotopic (exact) mass is 558 g/mol. The fourth-order valence-electron chi connectivity index (χ4n) is 5.99. The fraction of sp³-hybridized carbons (Fsp3) is 0.484. The molecule has 1 N–H and O–H groups in total. The van der Waals surface area contributed by atoms with Crippen LogP contribution in [0.2, 0.25) is 0 Å². The number of nitrogens with one attached hydrogen (secondary N) is 1. The molecule has 4 heterocycles. The van der Waals surface area contributed by atoms with Crippen LogP contribution in [0.4, 0.5) is 16.2 Å². The van der Waals surface area contributed by atoms with Crippen molar-refractivity contribution >= 4 is 34.2 Å². The highest BCUT2D eigenvalue weighted by Crippen LogP contribution is 2.32. The molecule has 0 aliphatic carbocycles. The summed E-state index contributed by atoms with van der Waals surface area (Å²) in [4.78, 5) is 40.0. The van der Waals surface area contributed by atoms with E-state index in [-0.39, 0.29) is 17.9 Å². The molecule has 6 rings (SSSR count). The minimum atomic E-state index is -0.0639. The first-order valence-corrected chi connectivity index (χ1v) is 14.8. The lowest BCUT2D eigenvalue weighted by atomic mass is 9.91. The van der Waals surface area contributed by atoms with Gasteiger partial charge >= 0.3 is 6.03 Å². The second-order valence-electron chi connectivity index (χ2n) is 11.0. The van der Waals surface area contributed by atoms with Crippen molar-refractivity contribution in [3.8, 4) is 5.75 Å². The number of hydrogen-bond donors (Lipinski definition) is 1. The SMILES string of the molecule is O=C1CCCN1CCCOc1ccc2c(C3CCN(C(=O)Nc4ccc(N5CCOCC5)cc4)CC3)ncnc2c1. The van der Waals surface area contributed by atoms with Gasteiger partial charge in [-0.05, 0) is 62.1 Å². The molecule has 10 nitrogen and oxygen atoms in total. The van der Waals surface area contributed by atoms with Crippen LogP contribution in [0.1, 0.15) is 43.7 Å². The van der Waals surface area contributed by atoms with Crippen molar-refractivity contribution < 1.29 is 19.1 Å². The largest absolute Gasteiger partial charge is 0.493 e. The van der Waals surface area contributed by atoms with E-state index in [4.69, 9.17) is 9.47 Å². The highest BCUT2D eigenvalue weighted by Gasteiger charge is 2.26. The summed E-state index contributed by atoms with van der Waals surface area (Å²) in [6.45, 7) is 6.80. The number of anilines is 2. The lowest BCUT2D eigenvalue weighted by molar-refractivity contribution is -0.127. The third-order valence-electron chi connectivity index (χ3n) is 8.31. The van der Waals surface area contributed by atoms with Crippen molar-refractivity contribution in [2.24, 2.45) is 0 Å². The van der Waals surface area contributed by atoms with Crippen LogP contribution in [0, 0.1) is 0 Å². The lowest BCUT2D eigenvalue weighted by Crippen LogP contribution is -2.40. The minimum absolute atomic E-state index is 0.0639. The first-order chi connectivity index (χ1) is 20.1. The van der Waals surface area contributed by atoms with Gasteiger partial charge in [0, 0.05) is 74.4 Å². The smallest absolute Gasteiger partial charge is 0.321 e. The molecule has 3 saturated heterocycles. The van der Waals surface area contributed by atoms with Crippen molar-refractivity contribution in [2.75, 3.05) is 69.3 Å². The van der Waals surface area contributed by atoms with Crippen molar-refractivity contribution in [2.45, 2.75) is 38.0 Å². The Morgan fingerprint density at radius 2 is 1.80 bits per heavy atom. The number of carbonyl (C=O) groups excluding carboxylic acids is 2. The standard InChI is InChI=1S/C31H38N6O4/c38-29-3-1-12-36(29)13-2-18-41-26-8-9-27-28(21-26)32-22-33-30(27)23-10-14-37(15-11-23)31(39)34-24-4-6-25(7-5-24)35-16-19-40-20-17-35/h4-9,21-23H,1-3,10-20H2,(H,34,39). The van der Waals surface area contributed by atoms with Crippen LogP contribution in [0.15, 0.2) is 48.8 Å². The van der Waals surface area contributed by atoms with Crippen LogP contribution in [-0.2, 0) is 9.53 Å². The van der Waals surface area contributed by atoms with Gasteiger partial charge in [0.05, 0.1) is 31.0 Å². The average molecular weight is 559 g/mol. The molecule has 3 fully saturated rings. The Morgan fingerprint density at radius 3 is 2.56 bits per heavy atom. The number of piperidine rings is 1. The molecule has 10 heteroatoms. The molecular weight excluding hydrogens is 520 g/mol. The molecule has 216 valence electrons. The van der Waals surface area contributed by atoms with Gasteiger partial charge in [-0.3, -0.25) is 4.79 Å². The number of likely N-dealkylation sites (tertiary alicyclic amines) is 2. The van der Waals surface area contributed by atoms with E-state index in [0.29, 0.717) is 26.1 Å². The Morgan fingerprint density at radius 1 is 1.00 bits per heavy atom. The predicted octanol–water partition coefficient (Wildman–Crippen LogP) is 4.27. The number of carbonyl (C=O) groups is 2. The minimum Gasteiger partial charge on any atom is -0.493 e. The van der Waals surface area contributed by atoms with Gasteiger partial charge in [0.1, 0.15) is 12.1 Å². The summed E-state index contributed by atoms with van der Waals surface area (Å²) >= 11 is 0. The Hall–Kier alpha value is -3.92. The zero-order chi connectivity index (χ0) is 28.0. The molecule has 0 bridgehead atoms. The zero-order valence-corrected chi connectivity index (χ0v) is 23.5. The van der Waals surface area contributed by atoms with E-state index < -0.39 is 0 Å². The van der Waals surface area contributed by atoms with Crippen molar-refractivity contribution in [1.82, 2.24) is 19.8 Å². The number of urea groups is 1. The lowest BCUT2D eigenvalue weighted by Gasteiger charge is -2.32. The number of nitrogens with zero attached hydrogens (tertiary/aromatic N) is 5. The molecule has 0 spiro atoms. The summed E-state index contributed by atoms with van der Waals surface area (Å²) in [7, 11) is 0. The number of morpholine rings is 1. The number of benzene rings is 2. The Labute approximate surface area is 240 Å². The topological polar surface area (TPSA) is 100 Å². The average Bonchev–Trinajstić information content (AvgIpc) is 3.44. The molecule has 0 saturated carbocycles. The van der Waals surface area contributed by atoms with Gasteiger partial charge in [0.15, 0.2) is 0 Å². The van der Waals surface area contributed by atoms with E-state index in [1.165, 1.54) is 0 Å². The summed E-state index contributed by atoms with van der Waals surface area (Å²) in [5.41, 5.74) is 3.85. The number of hydrogen-bond acceptors (Lipinski definition) is 7. The van der Waals surface area contributed by atoms with Gasteiger partial charge in [-0.15, -0.1) is 0 Å². The molecule has 0 unspecified atom stereocenters. The maximum atomic E-state index is 13.0. The van der Waals surface area contributed by atoms with Crippen LogP contribution >= 0.6 is 0 Å². The Kier molecular flexibility index (Phi) is 8.46. The molecule has 3 aromatic rings. The Bertz CT molecular complexity index is 1350. The molecule has 3 amide bonds. The van der Waals surface area contributed by atoms with Crippen LogP contribution in [0.5, 0.6) is 5.75 Å². The summed E-state index contributed by atoms with van der Waals surface area (Å²) in [5.74, 6) is 1.29. The third-order valence-corrected chi connectivity index (χ3v) is 8.31. The number of fused-ring (bicyclic) bond motifs is 1. The highest BCUT2D eigenvalue weighted by atomic mass is 16.5. The first-order valence-electron chi connectivity index (χ1n) is 14.8. The molecule has 3 aliphatic heterocycles. The molecular formula is C31H38N6O4. The summed E-state index contributed by atoms with van der Waals surface area (Å²) in [6.07, 6.45) is 5.77. The molecule has 3 aliphatic rings. The van der Waals surface area contributed by atoms with Crippen LogP contribution in [0.25, 0.3) is 10.9 Å². The summed E-state index contributed by atoms with van der Waals surface area (Å²) < 4.78 is 11.4. The van der Waals surface area contributed by atoms with Crippen molar-refractivity contribution in [1.29, 1.82) is 0 Å². The van der Waals surface area contributed by atoms with Gasteiger partial charge in [-0.1, -0.05) is 0 Å². The zero-order valence-electron chi connectivity index (χ0n) is 23.5. The second kappa shape index (κ2) is 12.7. The second-order valence-corrected chi connectivity index (χ2v) is 11.0. The number of ether oxygens (including phenoxy) is 2. The van der Waals surface area contributed by atoms with E-state index in [9.17, 15) is 9.59 Å². The fourth-order valence-corrected chi connectivity index (χ4v) is 5.99. The van der Waals surface area contributed by atoms with E-state index in [1.807, 2.05) is 40.1 Å². The van der Waals surface area contributed by atoms with E-state index in [0.717, 1.165) is 98.8 Å². The van der Waals surface area contributed by atoms with E-state index >= 15 is 0 Å². The number of amides is 3. The van der Waals surface area contributed by atoms with Gasteiger partial charge < -0.3 is 29.5 Å². The Balaban J connectivity index is 1.00. The van der Waals surface area contributed by atoms with Crippen LogP contribution < -0.4 is 15.0 Å². The van der Waals surface area contributed by atoms with E-state index in [2.05, 4.69) is 32.3 Å². The number of rotatable bonds is 8. The third kappa shape index (κ3) is 6.53.